The monoisotopic (exact) mass is 350 g/mol. The van der Waals surface area contributed by atoms with Gasteiger partial charge in [0.2, 0.25) is 11.8 Å². The lowest BCUT2D eigenvalue weighted by molar-refractivity contribution is -0.130. The van der Waals surface area contributed by atoms with Crippen LogP contribution in [-0.2, 0) is 9.59 Å². The summed E-state index contributed by atoms with van der Waals surface area (Å²) in [5, 5.41) is 2.86. The van der Waals surface area contributed by atoms with Crippen molar-refractivity contribution in [2.75, 3.05) is 13.2 Å². The van der Waals surface area contributed by atoms with Crippen molar-refractivity contribution in [2.45, 2.75) is 19.4 Å². The highest BCUT2D eigenvalue weighted by molar-refractivity contribution is 5.81. The summed E-state index contributed by atoms with van der Waals surface area (Å²) in [6.07, 6.45) is 3.87. The molecule has 0 fully saturated rings. The second-order valence-electron chi connectivity index (χ2n) is 6.10. The van der Waals surface area contributed by atoms with Gasteiger partial charge in [-0.1, -0.05) is 42.5 Å². The second-order valence-corrected chi connectivity index (χ2v) is 6.10. The van der Waals surface area contributed by atoms with E-state index in [1.54, 1.807) is 11.1 Å². The Kier molecular flexibility index (Phi) is 5.69. The van der Waals surface area contributed by atoms with E-state index >= 15 is 0 Å². The molecule has 0 saturated carbocycles. The highest BCUT2D eigenvalue weighted by Crippen LogP contribution is 2.32. The Morgan fingerprint density at radius 1 is 1.08 bits per heavy atom. The number of nitrogens with one attached hydrogen (secondary N) is 1. The lowest BCUT2D eigenvalue weighted by Crippen LogP contribution is -2.36. The Morgan fingerprint density at radius 2 is 1.81 bits per heavy atom. The molecule has 2 aromatic carbocycles. The Labute approximate surface area is 153 Å². The van der Waals surface area contributed by atoms with Crippen LogP contribution in [0, 0.1) is 0 Å². The summed E-state index contributed by atoms with van der Waals surface area (Å²) < 4.78 is 5.57. The van der Waals surface area contributed by atoms with Crippen molar-refractivity contribution in [3.63, 3.8) is 0 Å². The lowest BCUT2D eigenvalue weighted by Gasteiger charge is -2.32. The zero-order chi connectivity index (χ0) is 18.4. The van der Waals surface area contributed by atoms with Gasteiger partial charge in [-0.05, 0) is 29.3 Å². The first-order valence-corrected chi connectivity index (χ1v) is 8.66. The summed E-state index contributed by atoms with van der Waals surface area (Å²) in [4.78, 5) is 25.9. The van der Waals surface area contributed by atoms with E-state index in [1.807, 2.05) is 60.7 Å². The fourth-order valence-electron chi connectivity index (χ4n) is 3.04. The van der Waals surface area contributed by atoms with Gasteiger partial charge in [0.1, 0.15) is 12.4 Å². The van der Waals surface area contributed by atoms with E-state index in [1.165, 1.54) is 6.92 Å². The summed E-state index contributed by atoms with van der Waals surface area (Å²) >= 11 is 0. The Morgan fingerprint density at radius 3 is 2.58 bits per heavy atom. The van der Waals surface area contributed by atoms with Gasteiger partial charge in [-0.3, -0.25) is 9.59 Å². The Balaban J connectivity index is 1.56. The number of ether oxygens (including phenoxy) is 1. The number of hydrogen-bond donors (Lipinski definition) is 1. The number of para-hydroxylation sites is 1. The molecule has 0 radical (unpaired) electrons. The molecule has 0 aromatic heterocycles. The van der Waals surface area contributed by atoms with Gasteiger partial charge in [0.15, 0.2) is 0 Å². The zero-order valence-corrected chi connectivity index (χ0v) is 14.7. The number of fused-ring (bicyclic) bond motifs is 1. The predicted octanol–water partition coefficient (Wildman–Crippen LogP) is 3.15. The molecule has 2 amide bonds. The van der Waals surface area contributed by atoms with Crippen LogP contribution in [0.15, 0.2) is 60.8 Å². The van der Waals surface area contributed by atoms with Crippen LogP contribution in [0.1, 0.15) is 30.5 Å². The van der Waals surface area contributed by atoms with Crippen LogP contribution in [0.25, 0.3) is 6.08 Å². The van der Waals surface area contributed by atoms with E-state index in [2.05, 4.69) is 5.32 Å². The average molecular weight is 350 g/mol. The fourth-order valence-corrected chi connectivity index (χ4v) is 3.04. The van der Waals surface area contributed by atoms with E-state index in [0.29, 0.717) is 13.2 Å². The SMILES string of the molecule is CC(=O)N1C=Cc2ccccc2C1CC(=O)NCCOc1ccccc1. The van der Waals surface area contributed by atoms with Crippen LogP contribution in [0.4, 0.5) is 0 Å². The van der Waals surface area contributed by atoms with Crippen LogP contribution in [-0.4, -0.2) is 29.9 Å². The smallest absolute Gasteiger partial charge is 0.223 e. The molecule has 0 spiro atoms. The first kappa shape index (κ1) is 17.7. The topological polar surface area (TPSA) is 58.6 Å². The first-order valence-electron chi connectivity index (χ1n) is 8.66. The Bertz CT molecular complexity index is 802. The molecule has 2 aromatic rings. The predicted molar refractivity (Wildman–Crippen MR) is 100 cm³/mol. The van der Waals surface area contributed by atoms with Gasteiger partial charge in [0.05, 0.1) is 19.0 Å². The third kappa shape index (κ3) is 4.30. The summed E-state index contributed by atoms with van der Waals surface area (Å²) in [7, 11) is 0. The third-order valence-electron chi connectivity index (χ3n) is 4.28. The average Bonchev–Trinajstić information content (AvgIpc) is 2.66. The van der Waals surface area contributed by atoms with Crippen molar-refractivity contribution < 1.29 is 14.3 Å². The number of nitrogens with zero attached hydrogens (tertiary/aromatic N) is 1. The number of carbonyl (C=O) groups excluding carboxylic acids is 2. The van der Waals surface area contributed by atoms with Gasteiger partial charge in [-0.2, -0.15) is 0 Å². The van der Waals surface area contributed by atoms with Crippen LogP contribution < -0.4 is 10.1 Å². The van der Waals surface area contributed by atoms with E-state index < -0.39 is 0 Å². The van der Waals surface area contributed by atoms with Gasteiger partial charge < -0.3 is 15.0 Å². The van der Waals surface area contributed by atoms with Crippen molar-refractivity contribution in [3.05, 3.63) is 71.9 Å². The van der Waals surface area contributed by atoms with Crippen LogP contribution in [0.5, 0.6) is 5.75 Å². The minimum atomic E-state index is -0.288. The third-order valence-corrected chi connectivity index (χ3v) is 4.28. The van der Waals surface area contributed by atoms with Gasteiger partial charge in [-0.25, -0.2) is 0 Å². The molecule has 0 bridgehead atoms. The number of rotatable bonds is 6. The largest absolute Gasteiger partial charge is 0.492 e. The summed E-state index contributed by atoms with van der Waals surface area (Å²) in [5.41, 5.74) is 2.02. The lowest BCUT2D eigenvalue weighted by atomic mass is 9.93. The Hall–Kier alpha value is -3.08. The maximum atomic E-state index is 12.4. The van der Waals surface area contributed by atoms with E-state index in [0.717, 1.165) is 16.9 Å². The first-order chi connectivity index (χ1) is 12.6. The zero-order valence-electron chi connectivity index (χ0n) is 14.7. The van der Waals surface area contributed by atoms with E-state index in [-0.39, 0.29) is 24.3 Å². The van der Waals surface area contributed by atoms with Crippen molar-refractivity contribution in [3.8, 4) is 5.75 Å². The number of carbonyl (C=O) groups is 2. The molecule has 0 saturated heterocycles. The highest BCUT2D eigenvalue weighted by atomic mass is 16.5. The fraction of sp³-hybridized carbons (Fsp3) is 0.238. The van der Waals surface area contributed by atoms with Gasteiger partial charge in [-0.15, -0.1) is 0 Å². The van der Waals surface area contributed by atoms with Crippen molar-refractivity contribution in [1.29, 1.82) is 0 Å². The summed E-state index contributed by atoms with van der Waals surface area (Å²) in [6, 6.07) is 17.0. The molecular weight excluding hydrogens is 328 g/mol. The quantitative estimate of drug-likeness (QED) is 0.814. The van der Waals surface area contributed by atoms with Crippen LogP contribution in [0.2, 0.25) is 0 Å². The molecular formula is C21H22N2O3. The molecule has 3 rings (SSSR count). The minimum absolute atomic E-state index is 0.0824. The van der Waals surface area contributed by atoms with Gasteiger partial charge in [0.25, 0.3) is 0 Å². The summed E-state index contributed by atoms with van der Waals surface area (Å²) in [5.74, 6) is 0.583. The molecule has 1 atom stereocenters. The van der Waals surface area contributed by atoms with E-state index in [9.17, 15) is 9.59 Å². The van der Waals surface area contributed by atoms with Crippen LogP contribution >= 0.6 is 0 Å². The van der Waals surface area contributed by atoms with Crippen molar-refractivity contribution in [1.82, 2.24) is 10.2 Å². The number of hydrogen-bond acceptors (Lipinski definition) is 3. The van der Waals surface area contributed by atoms with Gasteiger partial charge in [0, 0.05) is 13.1 Å². The normalized spacial score (nSPS) is 15.3. The summed E-state index contributed by atoms with van der Waals surface area (Å²) in [6.45, 7) is 2.32. The maximum absolute atomic E-state index is 12.4. The molecule has 1 unspecified atom stereocenters. The van der Waals surface area contributed by atoms with Crippen molar-refractivity contribution >= 4 is 17.9 Å². The molecule has 1 heterocycles. The molecule has 1 aliphatic heterocycles. The molecule has 134 valence electrons. The molecule has 0 aliphatic carbocycles. The minimum Gasteiger partial charge on any atom is -0.492 e. The standard InChI is InChI=1S/C21H22N2O3/c1-16(24)23-13-11-17-7-5-6-10-19(17)20(23)15-21(25)22-12-14-26-18-8-3-2-4-9-18/h2-11,13,20H,12,14-15H2,1H3,(H,22,25). The molecule has 1 N–H and O–H groups in total. The highest BCUT2D eigenvalue weighted by Gasteiger charge is 2.27. The second kappa shape index (κ2) is 8.34. The van der Waals surface area contributed by atoms with Gasteiger partial charge >= 0.3 is 0 Å². The number of benzene rings is 2. The van der Waals surface area contributed by atoms with E-state index in [4.69, 9.17) is 4.74 Å². The molecule has 5 heteroatoms. The van der Waals surface area contributed by atoms with Crippen molar-refractivity contribution in [2.24, 2.45) is 0 Å². The molecule has 26 heavy (non-hydrogen) atoms. The maximum Gasteiger partial charge on any atom is 0.223 e. The number of amides is 2. The molecule has 1 aliphatic rings. The molecule has 5 nitrogen and oxygen atoms in total. The van der Waals surface area contributed by atoms with Crippen LogP contribution in [0.3, 0.4) is 0 Å².